The molecule has 0 aromatic heterocycles. The molecule has 1 aliphatic rings. The first-order valence-electron chi connectivity index (χ1n) is 7.04. The molecule has 1 fully saturated rings. The summed E-state index contributed by atoms with van der Waals surface area (Å²) >= 11 is 0. The van der Waals surface area contributed by atoms with Crippen molar-refractivity contribution in [3.63, 3.8) is 0 Å². The summed E-state index contributed by atoms with van der Waals surface area (Å²) in [4.78, 5) is 0. The van der Waals surface area contributed by atoms with Crippen LogP contribution in [-0.4, -0.2) is 25.2 Å². The Morgan fingerprint density at radius 2 is 1.62 bits per heavy atom. The summed E-state index contributed by atoms with van der Waals surface area (Å²) in [6, 6.07) is 1.20. The molecular weight excluding hydrogens is 196 g/mol. The van der Waals surface area contributed by atoms with Crippen LogP contribution in [-0.2, 0) is 0 Å². The van der Waals surface area contributed by atoms with Crippen LogP contribution in [0.15, 0.2) is 0 Å². The maximum absolute atomic E-state index is 3.66. The molecule has 96 valence electrons. The number of hydrogen-bond donors (Lipinski definition) is 2. The van der Waals surface area contributed by atoms with Crippen molar-refractivity contribution in [3.05, 3.63) is 0 Å². The molecule has 0 bridgehead atoms. The highest BCUT2D eigenvalue weighted by molar-refractivity contribution is 4.74. The van der Waals surface area contributed by atoms with Gasteiger partial charge in [0.25, 0.3) is 0 Å². The molecule has 0 heterocycles. The minimum absolute atomic E-state index is 0.597. The molecule has 1 unspecified atom stereocenters. The van der Waals surface area contributed by atoms with E-state index in [2.05, 4.69) is 38.3 Å². The highest BCUT2D eigenvalue weighted by Crippen LogP contribution is 2.27. The third kappa shape index (κ3) is 5.86. The van der Waals surface area contributed by atoms with Crippen LogP contribution in [0.1, 0.15) is 53.4 Å². The van der Waals surface area contributed by atoms with E-state index in [0.717, 1.165) is 18.4 Å². The Kier molecular flexibility index (Phi) is 6.37. The third-order valence-electron chi connectivity index (χ3n) is 3.72. The van der Waals surface area contributed by atoms with Crippen LogP contribution >= 0.6 is 0 Å². The Bertz CT molecular complexity index is 172. The van der Waals surface area contributed by atoms with Crippen molar-refractivity contribution in [2.45, 2.75) is 65.5 Å². The molecule has 0 amide bonds. The Balaban J connectivity index is 2.05. The van der Waals surface area contributed by atoms with E-state index in [1.165, 1.54) is 32.2 Å². The molecule has 0 aliphatic heterocycles. The van der Waals surface area contributed by atoms with E-state index < -0.39 is 0 Å². The first-order chi connectivity index (χ1) is 7.58. The monoisotopic (exact) mass is 226 g/mol. The van der Waals surface area contributed by atoms with E-state index in [9.17, 15) is 0 Å². The molecule has 1 saturated carbocycles. The molecule has 1 atom stereocenters. The molecule has 0 saturated heterocycles. The van der Waals surface area contributed by atoms with Crippen LogP contribution in [0.3, 0.4) is 0 Å². The van der Waals surface area contributed by atoms with Crippen LogP contribution in [0, 0.1) is 11.8 Å². The Labute approximate surface area is 102 Å². The highest BCUT2D eigenvalue weighted by Gasteiger charge is 2.18. The molecule has 0 aromatic rings. The van der Waals surface area contributed by atoms with Gasteiger partial charge in [-0.3, -0.25) is 0 Å². The van der Waals surface area contributed by atoms with E-state index in [1.54, 1.807) is 0 Å². The van der Waals surface area contributed by atoms with Gasteiger partial charge in [-0.25, -0.2) is 0 Å². The molecule has 1 rings (SSSR count). The zero-order chi connectivity index (χ0) is 12.0. The van der Waals surface area contributed by atoms with Gasteiger partial charge in [-0.05, 0) is 38.1 Å². The molecule has 0 radical (unpaired) electrons. The van der Waals surface area contributed by atoms with E-state index in [0.29, 0.717) is 12.1 Å². The standard InChI is InChI=1S/C14H30N2/c1-11(2)15-9-13(4)16-10-14-7-5-12(3)6-8-14/h11-16H,5-10H2,1-4H3. The van der Waals surface area contributed by atoms with Gasteiger partial charge in [-0.2, -0.15) is 0 Å². The molecule has 2 nitrogen and oxygen atoms in total. The van der Waals surface area contributed by atoms with Gasteiger partial charge in [0.2, 0.25) is 0 Å². The van der Waals surface area contributed by atoms with Gasteiger partial charge in [0.15, 0.2) is 0 Å². The van der Waals surface area contributed by atoms with Crippen LogP contribution in [0.25, 0.3) is 0 Å². The first-order valence-corrected chi connectivity index (χ1v) is 7.04. The summed E-state index contributed by atoms with van der Waals surface area (Å²) in [5.74, 6) is 1.90. The SMILES string of the molecule is CC1CCC(CNC(C)CNC(C)C)CC1. The summed E-state index contributed by atoms with van der Waals surface area (Å²) < 4.78 is 0. The molecule has 16 heavy (non-hydrogen) atoms. The van der Waals surface area contributed by atoms with Crippen molar-refractivity contribution in [2.24, 2.45) is 11.8 Å². The fraction of sp³-hybridized carbons (Fsp3) is 1.00. The second-order valence-electron chi connectivity index (χ2n) is 6.00. The van der Waals surface area contributed by atoms with Gasteiger partial charge in [0.05, 0.1) is 0 Å². The lowest BCUT2D eigenvalue weighted by Gasteiger charge is -2.27. The molecule has 2 N–H and O–H groups in total. The maximum atomic E-state index is 3.66. The molecular formula is C14H30N2. The van der Waals surface area contributed by atoms with Gasteiger partial charge in [-0.1, -0.05) is 33.6 Å². The third-order valence-corrected chi connectivity index (χ3v) is 3.72. The van der Waals surface area contributed by atoms with E-state index in [4.69, 9.17) is 0 Å². The Hall–Kier alpha value is -0.0800. The van der Waals surface area contributed by atoms with E-state index in [1.807, 2.05) is 0 Å². The van der Waals surface area contributed by atoms with Crippen molar-refractivity contribution in [1.29, 1.82) is 0 Å². The second-order valence-corrected chi connectivity index (χ2v) is 6.00. The van der Waals surface area contributed by atoms with Gasteiger partial charge >= 0.3 is 0 Å². The summed E-state index contributed by atoms with van der Waals surface area (Å²) in [7, 11) is 0. The number of nitrogens with one attached hydrogen (secondary N) is 2. The zero-order valence-corrected chi connectivity index (χ0v) is 11.6. The lowest BCUT2D eigenvalue weighted by molar-refractivity contribution is 0.274. The van der Waals surface area contributed by atoms with Crippen LogP contribution in [0.2, 0.25) is 0 Å². The van der Waals surface area contributed by atoms with Crippen molar-refractivity contribution in [3.8, 4) is 0 Å². The average molecular weight is 226 g/mol. The fourth-order valence-corrected chi connectivity index (χ4v) is 2.39. The fourth-order valence-electron chi connectivity index (χ4n) is 2.39. The van der Waals surface area contributed by atoms with Gasteiger partial charge in [0.1, 0.15) is 0 Å². The van der Waals surface area contributed by atoms with E-state index in [-0.39, 0.29) is 0 Å². The van der Waals surface area contributed by atoms with Crippen molar-refractivity contribution in [1.82, 2.24) is 10.6 Å². The molecule has 2 heteroatoms. The quantitative estimate of drug-likeness (QED) is 0.728. The largest absolute Gasteiger partial charge is 0.313 e. The number of rotatable bonds is 6. The first kappa shape index (κ1) is 14.0. The van der Waals surface area contributed by atoms with Crippen molar-refractivity contribution in [2.75, 3.05) is 13.1 Å². The van der Waals surface area contributed by atoms with Crippen LogP contribution in [0.4, 0.5) is 0 Å². The maximum Gasteiger partial charge on any atom is 0.0164 e. The summed E-state index contributed by atoms with van der Waals surface area (Å²) in [5, 5.41) is 7.14. The predicted octanol–water partition coefficient (Wildman–Crippen LogP) is 2.79. The van der Waals surface area contributed by atoms with E-state index >= 15 is 0 Å². The minimum Gasteiger partial charge on any atom is -0.313 e. The lowest BCUT2D eigenvalue weighted by Crippen LogP contribution is -2.41. The lowest BCUT2D eigenvalue weighted by atomic mass is 9.83. The number of hydrogen-bond acceptors (Lipinski definition) is 2. The van der Waals surface area contributed by atoms with Gasteiger partial charge in [-0.15, -0.1) is 0 Å². The predicted molar refractivity (Wildman–Crippen MR) is 71.7 cm³/mol. The summed E-state index contributed by atoms with van der Waals surface area (Å²) in [6.07, 6.45) is 5.73. The molecule has 0 spiro atoms. The highest BCUT2D eigenvalue weighted by atomic mass is 15.0. The van der Waals surface area contributed by atoms with Crippen LogP contribution < -0.4 is 10.6 Å². The summed E-state index contributed by atoms with van der Waals surface area (Å²) in [6.45, 7) is 11.4. The molecule has 0 aromatic carbocycles. The van der Waals surface area contributed by atoms with Crippen LogP contribution in [0.5, 0.6) is 0 Å². The Morgan fingerprint density at radius 3 is 2.19 bits per heavy atom. The van der Waals surface area contributed by atoms with Crippen molar-refractivity contribution >= 4 is 0 Å². The zero-order valence-electron chi connectivity index (χ0n) is 11.6. The molecule has 1 aliphatic carbocycles. The van der Waals surface area contributed by atoms with Crippen molar-refractivity contribution < 1.29 is 0 Å². The topological polar surface area (TPSA) is 24.1 Å². The Morgan fingerprint density at radius 1 is 1.00 bits per heavy atom. The average Bonchev–Trinajstić information content (AvgIpc) is 2.25. The van der Waals surface area contributed by atoms with Gasteiger partial charge in [0, 0.05) is 18.6 Å². The minimum atomic E-state index is 0.597. The van der Waals surface area contributed by atoms with Gasteiger partial charge < -0.3 is 10.6 Å². The second kappa shape index (κ2) is 7.29. The smallest absolute Gasteiger partial charge is 0.0164 e. The normalized spacial score (nSPS) is 28.3. The summed E-state index contributed by atoms with van der Waals surface area (Å²) in [5.41, 5.74) is 0.